The van der Waals surface area contributed by atoms with Gasteiger partial charge >= 0.3 is 0 Å². The van der Waals surface area contributed by atoms with Gasteiger partial charge in [0.05, 0.1) is 18.2 Å². The number of nitriles is 1. The lowest BCUT2D eigenvalue weighted by Crippen LogP contribution is -2.07. The minimum atomic E-state index is 0.444. The number of rotatable bonds is 3. The Balaban J connectivity index is 2.31. The zero-order chi connectivity index (χ0) is 13.1. The molecule has 18 heavy (non-hydrogen) atoms. The van der Waals surface area contributed by atoms with Gasteiger partial charge in [0, 0.05) is 30.2 Å². The average molecular weight is 257 g/mol. The number of aryl methyl sites for hydroxylation is 1. The van der Waals surface area contributed by atoms with Crippen LogP contribution in [0, 0.1) is 18.3 Å². The molecule has 1 aromatic heterocycles. The van der Waals surface area contributed by atoms with E-state index in [-0.39, 0.29) is 0 Å². The fourth-order valence-electron chi connectivity index (χ4n) is 1.69. The van der Waals surface area contributed by atoms with Gasteiger partial charge in [0.15, 0.2) is 0 Å². The molecule has 0 bridgehead atoms. The fourth-order valence-corrected chi connectivity index (χ4v) is 2.69. The molecular formula is C14H15N3S. The van der Waals surface area contributed by atoms with E-state index in [4.69, 9.17) is 5.26 Å². The summed E-state index contributed by atoms with van der Waals surface area (Å²) in [5, 5.41) is 9.73. The van der Waals surface area contributed by atoms with Crippen LogP contribution in [0.25, 0.3) is 10.6 Å². The van der Waals surface area contributed by atoms with Crippen LogP contribution in [0.15, 0.2) is 24.3 Å². The maximum absolute atomic E-state index is 8.74. The number of nitrogens with zero attached hydrogens (tertiary/aromatic N) is 3. The van der Waals surface area contributed by atoms with Gasteiger partial charge in [0.25, 0.3) is 0 Å². The van der Waals surface area contributed by atoms with Crippen LogP contribution in [0.2, 0.25) is 0 Å². The summed E-state index contributed by atoms with van der Waals surface area (Å²) >= 11 is 1.60. The average Bonchev–Trinajstić information content (AvgIpc) is 2.72. The number of benzene rings is 1. The van der Waals surface area contributed by atoms with E-state index in [0.717, 1.165) is 21.1 Å². The molecule has 92 valence electrons. The highest BCUT2D eigenvalue weighted by Gasteiger charge is 2.09. The van der Waals surface area contributed by atoms with Crippen molar-refractivity contribution in [2.45, 2.75) is 13.3 Å². The van der Waals surface area contributed by atoms with Crippen molar-refractivity contribution >= 4 is 17.0 Å². The number of hydrogen-bond acceptors (Lipinski definition) is 4. The maximum Gasteiger partial charge on any atom is 0.123 e. The van der Waals surface area contributed by atoms with Crippen LogP contribution in [0.4, 0.5) is 5.69 Å². The summed E-state index contributed by atoms with van der Waals surface area (Å²) in [6.07, 6.45) is 0.444. The Kier molecular flexibility index (Phi) is 3.63. The third-order valence-corrected chi connectivity index (χ3v) is 3.97. The molecule has 0 saturated carbocycles. The molecule has 3 nitrogen and oxygen atoms in total. The molecule has 0 radical (unpaired) electrons. The molecule has 0 amide bonds. The summed E-state index contributed by atoms with van der Waals surface area (Å²) in [6, 6.07) is 10.5. The van der Waals surface area contributed by atoms with Crippen molar-refractivity contribution in [3.63, 3.8) is 0 Å². The first kappa shape index (κ1) is 12.6. The molecule has 0 unspecified atom stereocenters. The topological polar surface area (TPSA) is 39.9 Å². The van der Waals surface area contributed by atoms with Gasteiger partial charge in [-0.3, -0.25) is 0 Å². The van der Waals surface area contributed by atoms with E-state index in [1.165, 1.54) is 5.69 Å². The Bertz CT molecular complexity index is 576. The van der Waals surface area contributed by atoms with E-state index < -0.39 is 0 Å². The van der Waals surface area contributed by atoms with Gasteiger partial charge < -0.3 is 4.90 Å². The third kappa shape index (κ3) is 2.52. The Morgan fingerprint density at radius 2 is 1.94 bits per heavy atom. The first-order valence-corrected chi connectivity index (χ1v) is 6.54. The number of aromatic nitrogens is 1. The highest BCUT2D eigenvalue weighted by Crippen LogP contribution is 2.29. The van der Waals surface area contributed by atoms with Crippen LogP contribution in [0.1, 0.15) is 10.6 Å². The highest BCUT2D eigenvalue weighted by molar-refractivity contribution is 7.15. The molecule has 0 atom stereocenters. The third-order valence-electron chi connectivity index (χ3n) is 2.76. The van der Waals surface area contributed by atoms with Crippen LogP contribution < -0.4 is 4.90 Å². The van der Waals surface area contributed by atoms with E-state index in [1.807, 2.05) is 21.0 Å². The molecule has 0 saturated heterocycles. The number of anilines is 1. The maximum atomic E-state index is 8.74. The summed E-state index contributed by atoms with van der Waals surface area (Å²) in [5.41, 5.74) is 3.25. The zero-order valence-corrected chi connectivity index (χ0v) is 11.6. The van der Waals surface area contributed by atoms with Crippen molar-refractivity contribution in [3.8, 4) is 16.6 Å². The summed E-state index contributed by atoms with van der Waals surface area (Å²) in [6.45, 7) is 1.96. The standard InChI is InChI=1S/C14H15N3S/c1-10-13(8-9-15)18-14(16-10)11-4-6-12(7-5-11)17(2)3/h4-7H,8H2,1-3H3. The van der Waals surface area contributed by atoms with Crippen LogP contribution >= 0.6 is 11.3 Å². The molecule has 0 spiro atoms. The SMILES string of the molecule is Cc1nc(-c2ccc(N(C)C)cc2)sc1CC#N. The van der Waals surface area contributed by atoms with E-state index in [9.17, 15) is 0 Å². The number of thiazole rings is 1. The molecule has 2 aromatic rings. The van der Waals surface area contributed by atoms with Crippen molar-refractivity contribution in [1.29, 1.82) is 5.26 Å². The first-order valence-electron chi connectivity index (χ1n) is 5.73. The van der Waals surface area contributed by atoms with Crippen molar-refractivity contribution in [2.75, 3.05) is 19.0 Å². The molecule has 0 aliphatic carbocycles. The van der Waals surface area contributed by atoms with Gasteiger partial charge in [-0.05, 0) is 31.2 Å². The quantitative estimate of drug-likeness (QED) is 0.847. The fraction of sp³-hybridized carbons (Fsp3) is 0.286. The monoisotopic (exact) mass is 257 g/mol. The minimum Gasteiger partial charge on any atom is -0.378 e. The summed E-state index contributed by atoms with van der Waals surface area (Å²) in [5.74, 6) is 0. The lowest BCUT2D eigenvalue weighted by molar-refractivity contribution is 1.13. The molecule has 1 aromatic carbocycles. The van der Waals surface area contributed by atoms with Gasteiger partial charge in [0.1, 0.15) is 5.01 Å². The largest absolute Gasteiger partial charge is 0.378 e. The van der Waals surface area contributed by atoms with Crippen molar-refractivity contribution < 1.29 is 0 Å². The Morgan fingerprint density at radius 1 is 1.28 bits per heavy atom. The van der Waals surface area contributed by atoms with E-state index in [0.29, 0.717) is 6.42 Å². The summed E-state index contributed by atoms with van der Waals surface area (Å²) in [7, 11) is 4.04. The summed E-state index contributed by atoms with van der Waals surface area (Å²) < 4.78 is 0. The number of hydrogen-bond donors (Lipinski definition) is 0. The minimum absolute atomic E-state index is 0.444. The van der Waals surface area contributed by atoms with Gasteiger partial charge in [-0.2, -0.15) is 5.26 Å². The van der Waals surface area contributed by atoms with Crippen LogP contribution in [0.5, 0.6) is 0 Å². The molecule has 4 heteroatoms. The smallest absolute Gasteiger partial charge is 0.123 e. The van der Waals surface area contributed by atoms with E-state index in [1.54, 1.807) is 11.3 Å². The van der Waals surface area contributed by atoms with E-state index >= 15 is 0 Å². The van der Waals surface area contributed by atoms with Crippen molar-refractivity contribution in [2.24, 2.45) is 0 Å². The van der Waals surface area contributed by atoms with Crippen LogP contribution in [-0.2, 0) is 6.42 Å². The Morgan fingerprint density at radius 3 is 2.50 bits per heavy atom. The molecule has 0 fully saturated rings. The first-order chi connectivity index (χ1) is 8.61. The van der Waals surface area contributed by atoms with Gasteiger partial charge in [-0.1, -0.05) is 0 Å². The summed E-state index contributed by atoms with van der Waals surface area (Å²) in [4.78, 5) is 7.65. The predicted octanol–water partition coefficient (Wildman–Crippen LogP) is 3.25. The van der Waals surface area contributed by atoms with Gasteiger partial charge in [-0.25, -0.2) is 4.98 Å². The second kappa shape index (κ2) is 5.19. The van der Waals surface area contributed by atoms with Crippen molar-refractivity contribution in [1.82, 2.24) is 4.98 Å². The second-order valence-corrected chi connectivity index (χ2v) is 5.39. The van der Waals surface area contributed by atoms with E-state index in [2.05, 4.69) is 40.2 Å². The predicted molar refractivity (Wildman–Crippen MR) is 75.9 cm³/mol. The molecule has 0 aliphatic heterocycles. The lowest BCUT2D eigenvalue weighted by atomic mass is 10.2. The van der Waals surface area contributed by atoms with Gasteiger partial charge in [-0.15, -0.1) is 11.3 Å². The molecule has 0 N–H and O–H groups in total. The molecular weight excluding hydrogens is 242 g/mol. The molecule has 2 rings (SSSR count). The molecule has 1 heterocycles. The normalized spacial score (nSPS) is 10.1. The zero-order valence-electron chi connectivity index (χ0n) is 10.8. The lowest BCUT2D eigenvalue weighted by Gasteiger charge is -2.11. The highest BCUT2D eigenvalue weighted by atomic mass is 32.1. The van der Waals surface area contributed by atoms with Crippen LogP contribution in [0.3, 0.4) is 0 Å². The molecule has 0 aliphatic rings. The Labute approximate surface area is 111 Å². The second-order valence-electron chi connectivity index (χ2n) is 4.30. The van der Waals surface area contributed by atoms with Crippen LogP contribution in [-0.4, -0.2) is 19.1 Å². The Hall–Kier alpha value is -1.86. The van der Waals surface area contributed by atoms with Gasteiger partial charge in [0.2, 0.25) is 0 Å². The van der Waals surface area contributed by atoms with Crippen molar-refractivity contribution in [3.05, 3.63) is 34.8 Å².